The number of hydrogen-bond acceptors (Lipinski definition) is 3. The molecular formula is C22H24ClN3O2. The van der Waals surface area contributed by atoms with Crippen LogP contribution in [-0.2, 0) is 11.2 Å². The second-order valence-corrected chi connectivity index (χ2v) is 8.22. The Kier molecular flexibility index (Phi) is 5.36. The van der Waals surface area contributed by atoms with E-state index >= 15 is 0 Å². The molecule has 5 nitrogen and oxygen atoms in total. The Morgan fingerprint density at radius 2 is 2.00 bits per heavy atom. The van der Waals surface area contributed by atoms with Crippen LogP contribution >= 0.6 is 11.6 Å². The van der Waals surface area contributed by atoms with E-state index in [1.165, 1.54) is 0 Å². The summed E-state index contributed by atoms with van der Waals surface area (Å²) >= 11 is 6.00. The van der Waals surface area contributed by atoms with Gasteiger partial charge in [-0.15, -0.1) is 0 Å². The first-order valence-electron chi connectivity index (χ1n) is 9.80. The first-order valence-corrected chi connectivity index (χ1v) is 10.2. The first-order chi connectivity index (χ1) is 13.6. The number of pyridine rings is 1. The molecule has 2 aliphatic rings. The minimum atomic E-state index is 0.0226. The van der Waals surface area contributed by atoms with Crippen LogP contribution in [0.3, 0.4) is 0 Å². The lowest BCUT2D eigenvalue weighted by Gasteiger charge is -2.33. The smallest absolute Gasteiger partial charge is 0.253 e. The summed E-state index contributed by atoms with van der Waals surface area (Å²) in [6, 6.07) is 12.9. The SMILES string of the molecule is O=C(NCCc1ccccn1)[C@@H]1CC12CCN(C(=O)c1cccc(Cl)c1)CC2. The first kappa shape index (κ1) is 18.9. The predicted octanol–water partition coefficient (Wildman–Crippen LogP) is 3.34. The van der Waals surface area contributed by atoms with Gasteiger partial charge in [-0.25, -0.2) is 0 Å². The Hall–Kier alpha value is -2.40. The summed E-state index contributed by atoms with van der Waals surface area (Å²) in [6.07, 6.45) is 5.22. The lowest BCUT2D eigenvalue weighted by atomic mass is 9.90. The number of nitrogens with zero attached hydrogens (tertiary/aromatic N) is 2. The highest BCUT2D eigenvalue weighted by Crippen LogP contribution is 2.59. The molecule has 2 aromatic rings. The van der Waals surface area contributed by atoms with E-state index < -0.39 is 0 Å². The van der Waals surface area contributed by atoms with Gasteiger partial charge in [0.1, 0.15) is 0 Å². The number of aromatic nitrogens is 1. The third kappa shape index (κ3) is 4.04. The number of piperidine rings is 1. The van der Waals surface area contributed by atoms with Gasteiger partial charge >= 0.3 is 0 Å². The van der Waals surface area contributed by atoms with Gasteiger partial charge in [-0.1, -0.05) is 23.7 Å². The fourth-order valence-electron chi connectivity index (χ4n) is 4.21. The van der Waals surface area contributed by atoms with E-state index in [0.717, 1.165) is 31.4 Å². The topological polar surface area (TPSA) is 62.3 Å². The summed E-state index contributed by atoms with van der Waals surface area (Å²) in [5, 5.41) is 3.63. The number of halogens is 1. The zero-order valence-electron chi connectivity index (χ0n) is 15.7. The maximum Gasteiger partial charge on any atom is 0.253 e. The molecule has 1 saturated heterocycles. The van der Waals surface area contributed by atoms with Gasteiger partial charge in [0, 0.05) is 54.4 Å². The Morgan fingerprint density at radius 1 is 1.18 bits per heavy atom. The molecule has 1 aliphatic carbocycles. The minimum absolute atomic E-state index is 0.0226. The van der Waals surface area contributed by atoms with Crippen LogP contribution in [0.2, 0.25) is 5.02 Å². The van der Waals surface area contributed by atoms with E-state index in [4.69, 9.17) is 11.6 Å². The van der Waals surface area contributed by atoms with Gasteiger partial charge < -0.3 is 10.2 Å². The molecule has 1 aliphatic heterocycles. The third-order valence-corrected chi connectivity index (χ3v) is 6.27. The number of rotatable bonds is 5. The lowest BCUT2D eigenvalue weighted by Crippen LogP contribution is -2.40. The van der Waals surface area contributed by atoms with Crippen LogP contribution < -0.4 is 5.32 Å². The van der Waals surface area contributed by atoms with Gasteiger partial charge in [-0.3, -0.25) is 14.6 Å². The second kappa shape index (κ2) is 7.92. The molecule has 1 aromatic heterocycles. The molecule has 28 heavy (non-hydrogen) atoms. The Labute approximate surface area is 170 Å². The minimum Gasteiger partial charge on any atom is -0.355 e. The largest absolute Gasteiger partial charge is 0.355 e. The summed E-state index contributed by atoms with van der Waals surface area (Å²) < 4.78 is 0. The van der Waals surface area contributed by atoms with Crippen molar-refractivity contribution in [3.8, 4) is 0 Å². The molecule has 2 amide bonds. The third-order valence-electron chi connectivity index (χ3n) is 6.03. The van der Waals surface area contributed by atoms with E-state index in [1.54, 1.807) is 30.5 Å². The molecule has 1 saturated carbocycles. The summed E-state index contributed by atoms with van der Waals surface area (Å²) in [4.78, 5) is 31.3. The van der Waals surface area contributed by atoms with Gasteiger partial charge in [-0.05, 0) is 55.0 Å². The summed E-state index contributed by atoms with van der Waals surface area (Å²) in [5.41, 5.74) is 1.70. The molecule has 1 N–H and O–H groups in total. The molecule has 4 rings (SSSR count). The van der Waals surface area contributed by atoms with Crippen molar-refractivity contribution in [2.24, 2.45) is 11.3 Å². The second-order valence-electron chi connectivity index (χ2n) is 7.78. The van der Waals surface area contributed by atoms with E-state index in [0.29, 0.717) is 30.2 Å². The van der Waals surface area contributed by atoms with Gasteiger partial charge in [-0.2, -0.15) is 0 Å². The Morgan fingerprint density at radius 3 is 2.71 bits per heavy atom. The molecule has 0 unspecified atom stereocenters. The van der Waals surface area contributed by atoms with E-state index in [9.17, 15) is 9.59 Å². The van der Waals surface area contributed by atoms with Crippen LogP contribution in [0.5, 0.6) is 0 Å². The van der Waals surface area contributed by atoms with Crippen LogP contribution in [0, 0.1) is 11.3 Å². The monoisotopic (exact) mass is 397 g/mol. The number of amides is 2. The zero-order chi connectivity index (χ0) is 19.6. The Bertz CT molecular complexity index is 863. The summed E-state index contributed by atoms with van der Waals surface area (Å²) in [7, 11) is 0. The molecule has 0 bridgehead atoms. The van der Waals surface area contributed by atoms with Gasteiger partial charge in [0.2, 0.25) is 5.91 Å². The van der Waals surface area contributed by atoms with E-state index in [1.807, 2.05) is 23.1 Å². The maximum absolute atomic E-state index is 12.7. The van der Waals surface area contributed by atoms with Crippen molar-refractivity contribution >= 4 is 23.4 Å². The quantitative estimate of drug-likeness (QED) is 0.841. The van der Waals surface area contributed by atoms with Crippen molar-refractivity contribution in [1.29, 1.82) is 0 Å². The van der Waals surface area contributed by atoms with Crippen molar-refractivity contribution in [3.63, 3.8) is 0 Å². The van der Waals surface area contributed by atoms with Crippen LogP contribution in [0.25, 0.3) is 0 Å². The highest BCUT2D eigenvalue weighted by atomic mass is 35.5. The highest BCUT2D eigenvalue weighted by molar-refractivity contribution is 6.30. The number of nitrogens with one attached hydrogen (secondary N) is 1. The standard InChI is InChI=1S/C22H24ClN3O2/c23-17-5-3-4-16(14-17)21(28)26-12-8-22(9-13-26)15-19(22)20(27)25-11-7-18-6-1-2-10-24-18/h1-6,10,14,19H,7-9,11-13,15H2,(H,25,27)/t19-/m0/s1. The maximum atomic E-state index is 12.7. The van der Waals surface area contributed by atoms with E-state index in [-0.39, 0.29) is 23.1 Å². The molecule has 1 aromatic carbocycles. The molecule has 2 fully saturated rings. The van der Waals surface area contributed by atoms with Gasteiger partial charge in [0.25, 0.3) is 5.91 Å². The fourth-order valence-corrected chi connectivity index (χ4v) is 4.40. The molecule has 0 radical (unpaired) electrons. The number of likely N-dealkylation sites (tertiary alicyclic amines) is 1. The van der Waals surface area contributed by atoms with Crippen molar-refractivity contribution in [3.05, 3.63) is 64.9 Å². The van der Waals surface area contributed by atoms with Crippen molar-refractivity contribution in [1.82, 2.24) is 15.2 Å². The average molecular weight is 398 g/mol. The zero-order valence-corrected chi connectivity index (χ0v) is 16.5. The molecule has 1 spiro atoms. The normalized spacial score (nSPS) is 20.0. The predicted molar refractivity (Wildman–Crippen MR) is 108 cm³/mol. The number of hydrogen-bond donors (Lipinski definition) is 1. The van der Waals surface area contributed by atoms with Crippen molar-refractivity contribution in [2.45, 2.75) is 25.7 Å². The highest BCUT2D eigenvalue weighted by Gasteiger charge is 2.58. The molecular weight excluding hydrogens is 374 g/mol. The van der Waals surface area contributed by atoms with Gasteiger partial charge in [0.05, 0.1) is 0 Å². The van der Waals surface area contributed by atoms with Crippen molar-refractivity contribution in [2.75, 3.05) is 19.6 Å². The lowest BCUT2D eigenvalue weighted by molar-refractivity contribution is -0.123. The fraction of sp³-hybridized carbons (Fsp3) is 0.409. The average Bonchev–Trinajstić information content (AvgIpc) is 3.42. The Balaban J connectivity index is 1.25. The van der Waals surface area contributed by atoms with Crippen LogP contribution in [0.15, 0.2) is 48.7 Å². The number of carbonyl (C=O) groups is 2. The molecule has 2 heterocycles. The summed E-state index contributed by atoms with van der Waals surface area (Å²) in [6.45, 7) is 2.01. The van der Waals surface area contributed by atoms with E-state index in [2.05, 4.69) is 10.3 Å². The van der Waals surface area contributed by atoms with Gasteiger partial charge in [0.15, 0.2) is 0 Å². The van der Waals surface area contributed by atoms with Crippen LogP contribution in [0.1, 0.15) is 35.3 Å². The summed E-state index contributed by atoms with van der Waals surface area (Å²) in [5.74, 6) is 0.250. The molecule has 1 atom stereocenters. The van der Waals surface area contributed by atoms with Crippen LogP contribution in [0.4, 0.5) is 0 Å². The van der Waals surface area contributed by atoms with Crippen LogP contribution in [-0.4, -0.2) is 41.3 Å². The molecule has 146 valence electrons. The van der Waals surface area contributed by atoms with Crippen molar-refractivity contribution < 1.29 is 9.59 Å². The molecule has 6 heteroatoms. The number of carbonyl (C=O) groups excluding carboxylic acids is 2. The number of benzene rings is 1.